The third-order valence-corrected chi connectivity index (χ3v) is 2.93. The zero-order valence-corrected chi connectivity index (χ0v) is 9.83. The Morgan fingerprint density at radius 1 is 1.31 bits per heavy atom. The molecule has 0 spiro atoms. The molecule has 76 valence electrons. The Balaban J connectivity index is 4.05. The normalized spacial score (nSPS) is 13.9. The van der Waals surface area contributed by atoms with Crippen molar-refractivity contribution < 1.29 is 9.59 Å². The van der Waals surface area contributed by atoms with E-state index in [0.717, 1.165) is 0 Å². The molecule has 2 nitrogen and oxygen atoms in total. The molecule has 0 aromatic heterocycles. The van der Waals surface area contributed by atoms with Gasteiger partial charge in [-0.15, -0.1) is 11.8 Å². The van der Waals surface area contributed by atoms with Gasteiger partial charge in [-0.25, -0.2) is 0 Å². The summed E-state index contributed by atoms with van der Waals surface area (Å²) in [7, 11) is 0. The van der Waals surface area contributed by atoms with Crippen molar-refractivity contribution in [3.8, 4) is 0 Å². The van der Waals surface area contributed by atoms with Gasteiger partial charge in [0.25, 0.3) is 0 Å². The topological polar surface area (TPSA) is 34.1 Å². The summed E-state index contributed by atoms with van der Waals surface area (Å²) < 4.78 is 0. The van der Waals surface area contributed by atoms with E-state index in [1.807, 2.05) is 27.7 Å². The molecule has 0 rings (SSSR count). The molecule has 1 unspecified atom stereocenters. The van der Waals surface area contributed by atoms with Crippen LogP contribution in [0, 0.1) is 5.41 Å². The molecule has 13 heavy (non-hydrogen) atoms. The second kappa shape index (κ2) is 4.80. The smallest absolute Gasteiger partial charge is 0.150 e. The van der Waals surface area contributed by atoms with Crippen molar-refractivity contribution in [2.45, 2.75) is 39.9 Å². The fourth-order valence-corrected chi connectivity index (χ4v) is 1.92. The zero-order chi connectivity index (χ0) is 10.6. The second-order valence-electron chi connectivity index (χ2n) is 4.27. The van der Waals surface area contributed by atoms with E-state index in [0.29, 0.717) is 5.75 Å². The molecule has 0 aliphatic heterocycles. The molecule has 0 aromatic rings. The van der Waals surface area contributed by atoms with Gasteiger partial charge in [-0.3, -0.25) is 9.59 Å². The first-order valence-corrected chi connectivity index (χ1v) is 5.45. The Hall–Kier alpha value is -0.310. The van der Waals surface area contributed by atoms with Crippen LogP contribution in [0.5, 0.6) is 0 Å². The molecule has 0 aliphatic carbocycles. The van der Waals surface area contributed by atoms with Crippen LogP contribution in [0.3, 0.4) is 0 Å². The highest BCUT2D eigenvalue weighted by Crippen LogP contribution is 2.23. The SMILES string of the molecule is CC(=O)CSC(C)C(=O)C(C)(C)C. The average molecular weight is 202 g/mol. The van der Waals surface area contributed by atoms with Crippen LogP contribution < -0.4 is 0 Å². The third kappa shape index (κ3) is 5.09. The Morgan fingerprint density at radius 2 is 1.77 bits per heavy atom. The molecular formula is C10H18O2S. The van der Waals surface area contributed by atoms with Crippen molar-refractivity contribution >= 4 is 23.3 Å². The number of hydrogen-bond donors (Lipinski definition) is 0. The van der Waals surface area contributed by atoms with Crippen molar-refractivity contribution in [1.82, 2.24) is 0 Å². The van der Waals surface area contributed by atoms with Crippen molar-refractivity contribution in [3.05, 3.63) is 0 Å². The Kier molecular flexibility index (Phi) is 4.68. The standard InChI is InChI=1S/C10H18O2S/c1-7(11)6-13-8(2)9(12)10(3,4)5/h8H,6H2,1-5H3. The van der Waals surface area contributed by atoms with Gasteiger partial charge in [0.1, 0.15) is 5.78 Å². The minimum atomic E-state index is -0.302. The van der Waals surface area contributed by atoms with Gasteiger partial charge in [-0.2, -0.15) is 0 Å². The van der Waals surface area contributed by atoms with Gasteiger partial charge >= 0.3 is 0 Å². The quantitative estimate of drug-likeness (QED) is 0.701. The maximum atomic E-state index is 11.6. The monoisotopic (exact) mass is 202 g/mol. The summed E-state index contributed by atoms with van der Waals surface area (Å²) in [5.41, 5.74) is -0.302. The van der Waals surface area contributed by atoms with E-state index < -0.39 is 0 Å². The molecule has 0 heterocycles. The van der Waals surface area contributed by atoms with Gasteiger partial charge in [0.2, 0.25) is 0 Å². The number of carbonyl (C=O) groups is 2. The molecule has 1 atom stereocenters. The maximum Gasteiger partial charge on any atom is 0.150 e. The predicted octanol–water partition coefficient (Wildman–Crippen LogP) is 2.31. The van der Waals surface area contributed by atoms with Crippen LogP contribution in [0.15, 0.2) is 0 Å². The zero-order valence-electron chi connectivity index (χ0n) is 9.01. The highest BCUT2D eigenvalue weighted by atomic mass is 32.2. The molecule has 0 fully saturated rings. The molecule has 0 bridgehead atoms. The van der Waals surface area contributed by atoms with Gasteiger partial charge in [0, 0.05) is 5.41 Å². The maximum absolute atomic E-state index is 11.6. The molecule has 0 saturated heterocycles. The van der Waals surface area contributed by atoms with Crippen molar-refractivity contribution in [2.24, 2.45) is 5.41 Å². The molecule has 0 N–H and O–H groups in total. The fraction of sp³-hybridized carbons (Fsp3) is 0.800. The van der Waals surface area contributed by atoms with E-state index in [2.05, 4.69) is 0 Å². The highest BCUT2D eigenvalue weighted by Gasteiger charge is 2.26. The van der Waals surface area contributed by atoms with Crippen molar-refractivity contribution in [2.75, 3.05) is 5.75 Å². The lowest BCUT2D eigenvalue weighted by Gasteiger charge is -2.20. The molecule has 0 amide bonds. The first-order valence-electron chi connectivity index (χ1n) is 4.40. The summed E-state index contributed by atoms with van der Waals surface area (Å²) in [6, 6.07) is 0. The summed E-state index contributed by atoms with van der Waals surface area (Å²) in [6.45, 7) is 9.11. The summed E-state index contributed by atoms with van der Waals surface area (Å²) in [4.78, 5) is 22.3. The Labute approximate surface area is 84.5 Å². The molecule has 0 saturated carbocycles. The van der Waals surface area contributed by atoms with Gasteiger partial charge in [-0.1, -0.05) is 20.8 Å². The van der Waals surface area contributed by atoms with Crippen LogP contribution in [-0.4, -0.2) is 22.6 Å². The summed E-state index contributed by atoms with van der Waals surface area (Å²) in [6.07, 6.45) is 0. The van der Waals surface area contributed by atoms with Gasteiger partial charge < -0.3 is 0 Å². The lowest BCUT2D eigenvalue weighted by Crippen LogP contribution is -2.29. The molecule has 3 heteroatoms. The minimum Gasteiger partial charge on any atom is -0.299 e. The van der Waals surface area contributed by atoms with Gasteiger partial charge in [0.15, 0.2) is 5.78 Å². The number of hydrogen-bond acceptors (Lipinski definition) is 3. The van der Waals surface area contributed by atoms with Crippen LogP contribution in [-0.2, 0) is 9.59 Å². The third-order valence-electron chi connectivity index (χ3n) is 1.65. The lowest BCUT2D eigenvalue weighted by molar-refractivity contribution is -0.125. The predicted molar refractivity (Wildman–Crippen MR) is 57.1 cm³/mol. The van der Waals surface area contributed by atoms with E-state index in [9.17, 15) is 9.59 Å². The summed E-state index contributed by atoms with van der Waals surface area (Å²) in [5.74, 6) is 0.764. The summed E-state index contributed by atoms with van der Waals surface area (Å²) >= 11 is 1.42. The van der Waals surface area contributed by atoms with Crippen LogP contribution in [0.1, 0.15) is 34.6 Å². The molecule has 0 aromatic carbocycles. The number of rotatable bonds is 4. The lowest BCUT2D eigenvalue weighted by atomic mass is 9.89. The average Bonchev–Trinajstić information content (AvgIpc) is 1.96. The molecule has 0 aliphatic rings. The number of thioether (sulfide) groups is 1. The van der Waals surface area contributed by atoms with E-state index >= 15 is 0 Å². The Morgan fingerprint density at radius 3 is 2.08 bits per heavy atom. The summed E-state index contributed by atoms with van der Waals surface area (Å²) in [5, 5.41) is -0.0797. The van der Waals surface area contributed by atoms with Crippen LogP contribution in [0.4, 0.5) is 0 Å². The fourth-order valence-electron chi connectivity index (χ4n) is 0.928. The van der Waals surface area contributed by atoms with Crippen LogP contribution in [0.25, 0.3) is 0 Å². The highest BCUT2D eigenvalue weighted by molar-refractivity contribution is 8.01. The van der Waals surface area contributed by atoms with Crippen LogP contribution >= 0.6 is 11.8 Å². The Bertz CT molecular complexity index is 203. The number of carbonyl (C=O) groups excluding carboxylic acids is 2. The van der Waals surface area contributed by atoms with E-state index in [4.69, 9.17) is 0 Å². The van der Waals surface area contributed by atoms with Crippen molar-refractivity contribution in [3.63, 3.8) is 0 Å². The second-order valence-corrected chi connectivity index (χ2v) is 5.60. The number of ketones is 2. The van der Waals surface area contributed by atoms with Gasteiger partial charge in [-0.05, 0) is 13.8 Å². The molecular weight excluding hydrogens is 184 g/mol. The van der Waals surface area contributed by atoms with E-state index in [-0.39, 0.29) is 22.2 Å². The number of Topliss-reactive ketones (excluding diaryl/α,β-unsaturated/α-hetero) is 2. The molecule has 0 radical (unpaired) electrons. The first-order chi connectivity index (χ1) is 5.75. The minimum absolute atomic E-state index is 0.0797. The van der Waals surface area contributed by atoms with E-state index in [1.54, 1.807) is 6.92 Å². The first kappa shape index (κ1) is 12.7. The largest absolute Gasteiger partial charge is 0.299 e. The van der Waals surface area contributed by atoms with E-state index in [1.165, 1.54) is 11.8 Å². The van der Waals surface area contributed by atoms with Crippen LogP contribution in [0.2, 0.25) is 0 Å². The van der Waals surface area contributed by atoms with Gasteiger partial charge in [0.05, 0.1) is 11.0 Å². The van der Waals surface area contributed by atoms with Crippen molar-refractivity contribution in [1.29, 1.82) is 0 Å².